The van der Waals surface area contributed by atoms with Gasteiger partial charge in [0.25, 0.3) is 6.71 Å². The lowest BCUT2D eigenvalue weighted by Crippen LogP contribution is -2.60. The first kappa shape index (κ1) is 52.0. The summed E-state index contributed by atoms with van der Waals surface area (Å²) in [4.78, 5) is 0. The van der Waals surface area contributed by atoms with Crippen molar-refractivity contribution in [3.8, 4) is 28.2 Å². The normalized spacial score (nSPS) is 14.9. The average Bonchev–Trinajstić information content (AvgIpc) is 1.41. The first-order valence-corrected chi connectivity index (χ1v) is 31.5. The molecule has 0 saturated carbocycles. The standard InChI is InChI=1S/C80H80BN3/c1-42(2)45-21-19-22-51(33-45)82-66-34-46(43(3)4)25-28-55(66)69-67(82)41-63-75-70(69)68-52(44(5)6)23-20-24-64(68)83(75)65-32-31-58-74-71(65)81(63)62-40-50(79(16,17)18)36-57-56-35-49(78(13,14)15)39-61(72(56)84(74)73(57)62)80(58)59-37-47(76(7,8)9)26-29-53(59)54-30-27-48(38-60(54)80)77(10,11)12/h19-44H,1-18H3. The van der Waals surface area contributed by atoms with E-state index in [-0.39, 0.29) is 28.4 Å². The van der Waals surface area contributed by atoms with Crippen LogP contribution in [0.4, 0.5) is 0 Å². The highest BCUT2D eigenvalue weighted by Gasteiger charge is 2.55. The van der Waals surface area contributed by atoms with E-state index in [0.29, 0.717) is 17.8 Å². The lowest BCUT2D eigenvalue weighted by molar-refractivity contribution is 0.583. The van der Waals surface area contributed by atoms with E-state index in [4.69, 9.17) is 0 Å². The first-order chi connectivity index (χ1) is 39.7. The van der Waals surface area contributed by atoms with E-state index in [2.05, 4.69) is 278 Å². The van der Waals surface area contributed by atoms with E-state index < -0.39 is 5.41 Å². The van der Waals surface area contributed by atoms with Gasteiger partial charge in [-0.2, -0.15) is 0 Å². The predicted molar refractivity (Wildman–Crippen MR) is 362 cm³/mol. The summed E-state index contributed by atoms with van der Waals surface area (Å²) < 4.78 is 8.25. The molecule has 1 aliphatic carbocycles. The summed E-state index contributed by atoms with van der Waals surface area (Å²) in [5, 5.41) is 8.18. The van der Waals surface area contributed by atoms with Crippen LogP contribution in [0.1, 0.15) is 204 Å². The molecular formula is C80H80BN3. The third-order valence-corrected chi connectivity index (χ3v) is 20.9. The lowest BCUT2D eigenvalue weighted by atomic mass is 9.33. The number of hydrogen-bond donors (Lipinski definition) is 0. The van der Waals surface area contributed by atoms with E-state index in [1.165, 1.54) is 171 Å². The highest BCUT2D eigenvalue weighted by atomic mass is 15.1. The maximum atomic E-state index is 2.83. The molecule has 4 heteroatoms. The molecule has 0 atom stereocenters. The predicted octanol–water partition coefficient (Wildman–Crippen LogP) is 19.4. The zero-order valence-electron chi connectivity index (χ0n) is 52.9. The van der Waals surface area contributed by atoms with Gasteiger partial charge in [-0.1, -0.05) is 216 Å². The minimum Gasteiger partial charge on any atom is -0.310 e. The fraction of sp³-hybridized carbons (Fsp3) is 0.325. The summed E-state index contributed by atoms with van der Waals surface area (Å²) in [6.45, 7) is 43.0. The van der Waals surface area contributed by atoms with E-state index >= 15 is 0 Å². The molecule has 4 aliphatic rings. The van der Waals surface area contributed by atoms with Crippen molar-refractivity contribution in [2.24, 2.45) is 0 Å². The second-order valence-corrected chi connectivity index (χ2v) is 31.1. The Morgan fingerprint density at radius 2 is 0.964 bits per heavy atom. The van der Waals surface area contributed by atoms with Gasteiger partial charge in [0, 0.05) is 54.9 Å². The zero-order chi connectivity index (χ0) is 58.7. The van der Waals surface area contributed by atoms with Gasteiger partial charge in [0.2, 0.25) is 0 Å². The number of benzene rings is 9. The molecular weight excluding hydrogens is 1010 g/mol. The Hall–Kier alpha value is -7.56. The number of fused-ring (bicyclic) bond motifs is 18. The maximum absolute atomic E-state index is 2.83. The van der Waals surface area contributed by atoms with Crippen LogP contribution in [-0.2, 0) is 27.1 Å². The van der Waals surface area contributed by atoms with Crippen LogP contribution in [0.25, 0.3) is 93.6 Å². The van der Waals surface area contributed by atoms with Crippen molar-refractivity contribution < 1.29 is 0 Å². The fourth-order valence-electron chi connectivity index (χ4n) is 16.4. The molecule has 418 valence electrons. The van der Waals surface area contributed by atoms with Crippen molar-refractivity contribution in [3.05, 3.63) is 201 Å². The molecule has 84 heavy (non-hydrogen) atoms. The zero-order valence-corrected chi connectivity index (χ0v) is 52.9. The van der Waals surface area contributed by atoms with Gasteiger partial charge in [0.15, 0.2) is 0 Å². The minimum atomic E-state index is -0.637. The molecule has 0 fully saturated rings. The molecule has 0 unspecified atom stereocenters. The van der Waals surface area contributed by atoms with Gasteiger partial charge in [-0.05, 0) is 177 Å². The Labute approximate surface area is 497 Å². The molecule has 9 aromatic carbocycles. The van der Waals surface area contributed by atoms with Crippen molar-refractivity contribution in [2.75, 3.05) is 0 Å². The van der Waals surface area contributed by atoms with Crippen molar-refractivity contribution in [2.45, 2.75) is 169 Å². The number of rotatable bonds is 4. The highest BCUT2D eigenvalue weighted by molar-refractivity contribution is 7.00. The average molecular weight is 1090 g/mol. The second-order valence-electron chi connectivity index (χ2n) is 31.1. The van der Waals surface area contributed by atoms with Crippen molar-refractivity contribution in [1.29, 1.82) is 0 Å². The Kier molecular flexibility index (Phi) is 10.2. The quantitative estimate of drug-likeness (QED) is 0.156. The number of aromatic nitrogens is 3. The minimum absolute atomic E-state index is 0.0686. The SMILES string of the molecule is CC(C)c1cccc(-n2c3cc(C(C)C)ccc3c3c4c5c(C(C)C)cccc5n5c4c(cc32)B2c3c-5ccc4c3-n3c5c2cc(C(C)(C)C)cc5c2cc(C(C)(C)C)cc(c23)C42c3cc(C(C)(C)C)ccc3-c3ccc(C(C)(C)C)cc32)c1. The third kappa shape index (κ3) is 6.51. The highest BCUT2D eigenvalue weighted by Crippen LogP contribution is 2.63. The summed E-state index contributed by atoms with van der Waals surface area (Å²) in [5.74, 6) is 1.07. The molecule has 0 amide bonds. The van der Waals surface area contributed by atoms with Gasteiger partial charge in [-0.3, -0.25) is 0 Å². The molecule has 12 aromatic rings. The van der Waals surface area contributed by atoms with Crippen molar-refractivity contribution >= 4 is 88.5 Å². The van der Waals surface area contributed by atoms with E-state index in [0.717, 1.165) is 0 Å². The molecule has 6 heterocycles. The molecule has 3 aromatic heterocycles. The summed E-state index contributed by atoms with van der Waals surface area (Å²) in [6, 6.07) is 57.7. The van der Waals surface area contributed by atoms with Crippen LogP contribution in [0.3, 0.4) is 0 Å². The third-order valence-electron chi connectivity index (χ3n) is 20.9. The van der Waals surface area contributed by atoms with Crippen LogP contribution in [0.15, 0.2) is 140 Å². The second kappa shape index (κ2) is 16.4. The molecule has 3 nitrogen and oxygen atoms in total. The van der Waals surface area contributed by atoms with Gasteiger partial charge in [0.1, 0.15) is 0 Å². The van der Waals surface area contributed by atoms with Gasteiger partial charge in [-0.15, -0.1) is 0 Å². The van der Waals surface area contributed by atoms with E-state index in [9.17, 15) is 0 Å². The summed E-state index contributed by atoms with van der Waals surface area (Å²) >= 11 is 0. The van der Waals surface area contributed by atoms with Gasteiger partial charge in [0.05, 0.1) is 33.0 Å². The smallest absolute Gasteiger partial charge is 0.252 e. The maximum Gasteiger partial charge on any atom is 0.252 e. The first-order valence-electron chi connectivity index (χ1n) is 31.5. The molecule has 0 N–H and O–H groups in total. The Bertz CT molecular complexity index is 4910. The van der Waals surface area contributed by atoms with Gasteiger partial charge >= 0.3 is 0 Å². The topological polar surface area (TPSA) is 14.8 Å². The van der Waals surface area contributed by atoms with Crippen LogP contribution in [0, 0.1) is 0 Å². The van der Waals surface area contributed by atoms with Crippen molar-refractivity contribution in [1.82, 2.24) is 13.7 Å². The molecule has 1 spiro atoms. The number of hydrogen-bond acceptors (Lipinski definition) is 0. The molecule has 3 aliphatic heterocycles. The number of nitrogens with zero attached hydrogens (tertiary/aromatic N) is 3. The molecule has 0 saturated heterocycles. The molecule has 0 radical (unpaired) electrons. The van der Waals surface area contributed by atoms with Crippen molar-refractivity contribution in [3.63, 3.8) is 0 Å². The van der Waals surface area contributed by atoms with Gasteiger partial charge < -0.3 is 13.7 Å². The monoisotopic (exact) mass is 1090 g/mol. The Morgan fingerprint density at radius 1 is 0.381 bits per heavy atom. The lowest BCUT2D eigenvalue weighted by Gasteiger charge is -2.45. The van der Waals surface area contributed by atoms with Crippen LogP contribution in [0.2, 0.25) is 0 Å². The van der Waals surface area contributed by atoms with Crippen LogP contribution < -0.4 is 16.4 Å². The van der Waals surface area contributed by atoms with E-state index in [1.807, 2.05) is 0 Å². The Balaban J connectivity index is 1.18. The van der Waals surface area contributed by atoms with Crippen LogP contribution >= 0.6 is 0 Å². The van der Waals surface area contributed by atoms with Crippen LogP contribution in [0.5, 0.6) is 0 Å². The Morgan fingerprint density at radius 3 is 1.58 bits per heavy atom. The fourth-order valence-corrected chi connectivity index (χ4v) is 16.4. The van der Waals surface area contributed by atoms with Crippen LogP contribution in [-0.4, -0.2) is 20.4 Å². The molecule has 0 bridgehead atoms. The van der Waals surface area contributed by atoms with Gasteiger partial charge in [-0.25, -0.2) is 0 Å². The van der Waals surface area contributed by atoms with E-state index in [1.54, 1.807) is 0 Å². The summed E-state index contributed by atoms with van der Waals surface area (Å²) in [5.41, 5.74) is 33.0. The summed E-state index contributed by atoms with van der Waals surface area (Å²) in [7, 11) is 0. The largest absolute Gasteiger partial charge is 0.310 e. The molecule has 16 rings (SSSR count). The summed E-state index contributed by atoms with van der Waals surface area (Å²) in [6.07, 6.45) is 0.